The number of nitrogens with one attached hydrogen (secondary N) is 1. The Kier molecular flexibility index (Phi) is 2.21. The van der Waals surface area contributed by atoms with Gasteiger partial charge in [-0.2, -0.15) is 0 Å². The first kappa shape index (κ1) is 9.73. The first-order valence-corrected chi connectivity index (χ1v) is 4.65. The van der Waals surface area contributed by atoms with Crippen LogP contribution in [-0.2, 0) is 4.79 Å². The molecule has 0 aliphatic rings. The zero-order valence-corrected chi connectivity index (χ0v) is 8.32. The maximum Gasteiger partial charge on any atom is 0.325 e. The number of rotatable bonds is 2. The molecule has 15 heavy (non-hydrogen) atoms. The Bertz CT molecular complexity index is 516. The average Bonchev–Trinajstić information content (AvgIpc) is 2.59. The smallest absolute Gasteiger partial charge is 0.325 e. The molecule has 2 aromatic rings. The topological polar surface area (TPSA) is 79.1 Å². The van der Waals surface area contributed by atoms with Crippen LogP contribution in [0.15, 0.2) is 24.4 Å². The molecule has 4 heteroatoms. The lowest BCUT2D eigenvalue weighted by molar-refractivity contribution is -0.138. The highest BCUT2D eigenvalue weighted by Crippen LogP contribution is 2.23. The number of benzene rings is 1. The van der Waals surface area contributed by atoms with Crippen LogP contribution in [0.1, 0.15) is 17.2 Å². The number of hydrogen-bond acceptors (Lipinski definition) is 2. The second-order valence-corrected chi connectivity index (χ2v) is 3.61. The zero-order valence-electron chi connectivity index (χ0n) is 8.32. The zero-order chi connectivity index (χ0) is 11.0. The van der Waals surface area contributed by atoms with Crippen LogP contribution in [0.3, 0.4) is 0 Å². The lowest BCUT2D eigenvalue weighted by Gasteiger charge is -2.04. The van der Waals surface area contributed by atoms with E-state index in [-0.39, 0.29) is 0 Å². The molecule has 1 atom stereocenters. The van der Waals surface area contributed by atoms with Gasteiger partial charge in [-0.1, -0.05) is 12.1 Å². The molecule has 1 heterocycles. The monoisotopic (exact) mass is 204 g/mol. The van der Waals surface area contributed by atoms with Gasteiger partial charge in [-0.15, -0.1) is 0 Å². The van der Waals surface area contributed by atoms with E-state index in [9.17, 15) is 4.79 Å². The predicted molar refractivity (Wildman–Crippen MR) is 57.6 cm³/mol. The van der Waals surface area contributed by atoms with E-state index in [1.807, 2.05) is 25.1 Å². The molecule has 0 bridgehead atoms. The number of aromatic nitrogens is 1. The van der Waals surface area contributed by atoms with Gasteiger partial charge in [-0.3, -0.25) is 4.79 Å². The number of carboxylic acids is 1. The third-order valence-corrected chi connectivity index (χ3v) is 2.47. The number of nitrogens with two attached hydrogens (primary N) is 1. The van der Waals surface area contributed by atoms with Gasteiger partial charge in [-0.25, -0.2) is 0 Å². The van der Waals surface area contributed by atoms with Crippen molar-refractivity contribution >= 4 is 16.9 Å². The summed E-state index contributed by atoms with van der Waals surface area (Å²) < 4.78 is 0. The van der Waals surface area contributed by atoms with Crippen molar-refractivity contribution in [1.82, 2.24) is 4.98 Å². The number of fused-ring (bicyclic) bond motifs is 1. The van der Waals surface area contributed by atoms with E-state index in [0.29, 0.717) is 5.56 Å². The summed E-state index contributed by atoms with van der Waals surface area (Å²) >= 11 is 0. The Morgan fingerprint density at radius 1 is 1.53 bits per heavy atom. The Labute approximate surface area is 86.7 Å². The minimum absolute atomic E-state index is 0.623. The largest absolute Gasteiger partial charge is 0.480 e. The molecule has 4 nitrogen and oxygen atoms in total. The van der Waals surface area contributed by atoms with E-state index in [0.717, 1.165) is 16.5 Å². The summed E-state index contributed by atoms with van der Waals surface area (Å²) in [7, 11) is 0. The van der Waals surface area contributed by atoms with Gasteiger partial charge in [0.05, 0.1) is 0 Å². The van der Waals surface area contributed by atoms with Crippen LogP contribution in [0, 0.1) is 6.92 Å². The third-order valence-electron chi connectivity index (χ3n) is 2.47. The van der Waals surface area contributed by atoms with E-state index >= 15 is 0 Å². The van der Waals surface area contributed by atoms with E-state index in [1.54, 1.807) is 6.20 Å². The molecule has 0 amide bonds. The van der Waals surface area contributed by atoms with Crippen molar-refractivity contribution in [3.05, 3.63) is 35.5 Å². The van der Waals surface area contributed by atoms with Crippen molar-refractivity contribution in [2.75, 3.05) is 0 Å². The van der Waals surface area contributed by atoms with Gasteiger partial charge < -0.3 is 15.8 Å². The van der Waals surface area contributed by atoms with Gasteiger partial charge in [0, 0.05) is 22.7 Å². The van der Waals surface area contributed by atoms with Crippen LogP contribution < -0.4 is 5.73 Å². The maximum absolute atomic E-state index is 10.8. The predicted octanol–water partition coefficient (Wildman–Crippen LogP) is 1.56. The van der Waals surface area contributed by atoms with E-state index in [2.05, 4.69) is 4.98 Å². The molecular formula is C11H12N2O2. The second kappa shape index (κ2) is 3.40. The summed E-state index contributed by atoms with van der Waals surface area (Å²) in [4.78, 5) is 13.8. The summed E-state index contributed by atoms with van der Waals surface area (Å²) in [5, 5.41) is 9.70. The molecule has 0 fully saturated rings. The Morgan fingerprint density at radius 3 is 2.93 bits per heavy atom. The highest BCUT2D eigenvalue weighted by Gasteiger charge is 2.17. The van der Waals surface area contributed by atoms with Crippen molar-refractivity contribution in [3.8, 4) is 0 Å². The minimum Gasteiger partial charge on any atom is -0.480 e. The number of carboxylic acid groups (broad SMARTS) is 1. The van der Waals surface area contributed by atoms with Crippen LogP contribution >= 0.6 is 0 Å². The van der Waals surface area contributed by atoms with E-state index < -0.39 is 12.0 Å². The second-order valence-electron chi connectivity index (χ2n) is 3.61. The summed E-state index contributed by atoms with van der Waals surface area (Å²) in [6.45, 7) is 1.98. The lowest BCUT2D eigenvalue weighted by atomic mass is 10.1. The van der Waals surface area contributed by atoms with Gasteiger partial charge in [-0.05, 0) is 18.6 Å². The van der Waals surface area contributed by atoms with Gasteiger partial charge >= 0.3 is 5.97 Å². The van der Waals surface area contributed by atoms with E-state index in [1.165, 1.54) is 0 Å². The van der Waals surface area contributed by atoms with Gasteiger partial charge in [0.25, 0.3) is 0 Å². The first-order valence-electron chi connectivity index (χ1n) is 4.65. The normalized spacial score (nSPS) is 12.9. The number of hydrogen-bond donors (Lipinski definition) is 3. The lowest BCUT2D eigenvalue weighted by Crippen LogP contribution is -2.20. The van der Waals surface area contributed by atoms with Crippen molar-refractivity contribution in [2.45, 2.75) is 13.0 Å². The standard InChI is InChI=1S/C11H12N2O2/c1-6-2-3-7-8(10(12)11(14)15)5-13-9(7)4-6/h2-5,10,13H,12H2,1H3,(H,14,15). The highest BCUT2D eigenvalue weighted by molar-refractivity contribution is 5.89. The number of aryl methyl sites for hydroxylation is 1. The summed E-state index contributed by atoms with van der Waals surface area (Å²) in [6, 6.07) is 4.82. The fraction of sp³-hybridized carbons (Fsp3) is 0.182. The molecule has 2 rings (SSSR count). The van der Waals surface area contributed by atoms with Crippen LogP contribution in [-0.4, -0.2) is 16.1 Å². The van der Waals surface area contributed by atoms with Crippen molar-refractivity contribution in [2.24, 2.45) is 5.73 Å². The molecule has 0 spiro atoms. The molecule has 0 saturated heterocycles. The molecule has 0 saturated carbocycles. The Hall–Kier alpha value is -1.81. The molecule has 1 aromatic carbocycles. The molecular weight excluding hydrogens is 192 g/mol. The van der Waals surface area contributed by atoms with Gasteiger partial charge in [0.2, 0.25) is 0 Å². The third kappa shape index (κ3) is 1.59. The molecule has 1 aromatic heterocycles. The van der Waals surface area contributed by atoms with Crippen LogP contribution in [0.4, 0.5) is 0 Å². The Morgan fingerprint density at radius 2 is 2.27 bits per heavy atom. The fourth-order valence-electron chi connectivity index (χ4n) is 1.65. The quantitative estimate of drug-likeness (QED) is 0.694. The molecule has 1 unspecified atom stereocenters. The Balaban J connectivity index is 2.59. The van der Waals surface area contributed by atoms with Crippen molar-refractivity contribution in [3.63, 3.8) is 0 Å². The molecule has 0 aliphatic carbocycles. The van der Waals surface area contributed by atoms with Crippen LogP contribution in [0.5, 0.6) is 0 Å². The number of aliphatic carboxylic acids is 1. The number of H-pyrrole nitrogens is 1. The van der Waals surface area contributed by atoms with Crippen molar-refractivity contribution in [1.29, 1.82) is 0 Å². The summed E-state index contributed by atoms with van der Waals surface area (Å²) in [5.74, 6) is -1.02. The molecule has 78 valence electrons. The number of aromatic amines is 1. The fourth-order valence-corrected chi connectivity index (χ4v) is 1.65. The minimum atomic E-state index is -1.02. The SMILES string of the molecule is Cc1ccc2c(C(N)C(=O)O)c[nH]c2c1. The highest BCUT2D eigenvalue weighted by atomic mass is 16.4. The molecule has 0 radical (unpaired) electrons. The van der Waals surface area contributed by atoms with Crippen molar-refractivity contribution < 1.29 is 9.90 Å². The number of carbonyl (C=O) groups is 1. The van der Waals surface area contributed by atoms with E-state index in [4.69, 9.17) is 10.8 Å². The van der Waals surface area contributed by atoms with Crippen LogP contribution in [0.2, 0.25) is 0 Å². The summed E-state index contributed by atoms with van der Waals surface area (Å²) in [6.07, 6.45) is 1.66. The molecule has 4 N–H and O–H groups in total. The summed E-state index contributed by atoms with van der Waals surface area (Å²) in [5.41, 5.74) is 8.23. The van der Waals surface area contributed by atoms with Crippen LogP contribution in [0.25, 0.3) is 10.9 Å². The first-order chi connectivity index (χ1) is 7.09. The maximum atomic E-state index is 10.8. The molecule has 0 aliphatic heterocycles. The average molecular weight is 204 g/mol. The van der Waals surface area contributed by atoms with Gasteiger partial charge in [0.1, 0.15) is 6.04 Å². The van der Waals surface area contributed by atoms with Gasteiger partial charge in [0.15, 0.2) is 0 Å².